The molecule has 1 rings (SSSR count). The Morgan fingerprint density at radius 3 is 2.06 bits per heavy atom. The van der Waals surface area contributed by atoms with Crippen LogP contribution in [0.15, 0.2) is 11.6 Å². The number of unbranched alkanes of at least 4 members (excludes halogenated alkanes) is 11. The van der Waals surface area contributed by atoms with Crippen molar-refractivity contribution in [1.82, 2.24) is 0 Å². The second-order valence-electron chi connectivity index (χ2n) is 8.93. The van der Waals surface area contributed by atoms with E-state index in [4.69, 9.17) is 10.2 Å². The summed E-state index contributed by atoms with van der Waals surface area (Å²) in [6.07, 6.45) is 18.5. The molecule has 0 aliphatic heterocycles. The lowest BCUT2D eigenvalue weighted by Gasteiger charge is -2.36. The van der Waals surface area contributed by atoms with Gasteiger partial charge in [0.1, 0.15) is 0 Å². The van der Waals surface area contributed by atoms with Gasteiger partial charge in [-0.1, -0.05) is 82.8 Å². The number of hydrogen-bond acceptors (Lipinski definition) is 4. The zero-order valence-electron chi connectivity index (χ0n) is 19.4. The van der Waals surface area contributed by atoms with Crippen LogP contribution in [0.4, 0.5) is 0 Å². The highest BCUT2D eigenvalue weighted by atomic mass is 32.2. The van der Waals surface area contributed by atoms with Crippen LogP contribution in [0.5, 0.6) is 0 Å². The molecule has 1 saturated carbocycles. The van der Waals surface area contributed by atoms with Gasteiger partial charge in [-0.15, -0.1) is 0 Å². The predicted molar refractivity (Wildman–Crippen MR) is 129 cm³/mol. The van der Waals surface area contributed by atoms with Crippen LogP contribution in [0.3, 0.4) is 0 Å². The molecule has 3 N–H and O–H groups in total. The molecule has 0 radical (unpaired) electrons. The van der Waals surface area contributed by atoms with E-state index in [1.165, 1.54) is 81.5 Å². The van der Waals surface area contributed by atoms with Crippen molar-refractivity contribution in [3.8, 4) is 0 Å². The fourth-order valence-electron chi connectivity index (χ4n) is 4.37. The third kappa shape index (κ3) is 13.2. The predicted octanol–water partition coefficient (Wildman–Crippen LogP) is 6.44. The molecule has 0 saturated heterocycles. The van der Waals surface area contributed by atoms with Gasteiger partial charge in [-0.25, -0.2) is 0 Å². The van der Waals surface area contributed by atoms with Crippen LogP contribution in [0.25, 0.3) is 0 Å². The lowest BCUT2D eigenvalue weighted by Crippen LogP contribution is -2.38. The third-order valence-corrected chi connectivity index (χ3v) is 7.61. The van der Waals surface area contributed by atoms with Crippen LogP contribution in [-0.2, 0) is 9.59 Å². The van der Waals surface area contributed by atoms with E-state index in [1.807, 2.05) is 0 Å². The number of carboxylic acids is 2. The minimum atomic E-state index is -0.883. The summed E-state index contributed by atoms with van der Waals surface area (Å²) < 4.78 is 0. The summed E-state index contributed by atoms with van der Waals surface area (Å²) in [4.78, 5) is 21.9. The van der Waals surface area contributed by atoms with Crippen LogP contribution >= 0.6 is 11.8 Å². The highest BCUT2D eigenvalue weighted by Gasteiger charge is 2.36. The molecule has 180 valence electrons. The van der Waals surface area contributed by atoms with E-state index in [1.54, 1.807) is 0 Å². The van der Waals surface area contributed by atoms with Gasteiger partial charge in [-0.2, -0.15) is 11.8 Å². The maximum atomic E-state index is 11.1. The molecule has 0 spiro atoms. The molecule has 0 aromatic heterocycles. The fourth-order valence-corrected chi connectivity index (χ4v) is 5.77. The van der Waals surface area contributed by atoms with Crippen molar-refractivity contribution in [2.45, 2.75) is 121 Å². The number of allylic oxidation sites excluding steroid dienone is 1. The number of aliphatic hydroxyl groups excluding tert-OH is 1. The average molecular weight is 457 g/mol. The summed E-state index contributed by atoms with van der Waals surface area (Å²) in [5.74, 6) is -1.54. The molecule has 1 aliphatic carbocycles. The first-order valence-electron chi connectivity index (χ1n) is 12.4. The minimum Gasteiger partial charge on any atom is -0.481 e. The topological polar surface area (TPSA) is 94.8 Å². The molecule has 5 nitrogen and oxygen atoms in total. The Morgan fingerprint density at radius 1 is 0.935 bits per heavy atom. The summed E-state index contributed by atoms with van der Waals surface area (Å²) in [7, 11) is 0. The summed E-state index contributed by atoms with van der Waals surface area (Å²) in [6, 6.07) is 0. The standard InChI is InChI=1S/C25H44O5S/c1-2-3-4-5-6-7-8-9-10-11-12-13-14-20-15-16-21(19-23(28)29)24(30)25(20)31-18-17-22(26)27/h14,21,24-25,30H,2-13,15-19H2,1H3,(H,26,27)(H,28,29)/t21-,24+,25+/m0/s1. The van der Waals surface area contributed by atoms with Gasteiger partial charge in [-0.3, -0.25) is 9.59 Å². The quantitative estimate of drug-likeness (QED) is 0.162. The number of carbonyl (C=O) groups is 2. The number of rotatable bonds is 18. The SMILES string of the molecule is CCCCCCCCCCCCCC=C1CC[C@@H](CC(=O)O)[C@@H](O)[C@@H]1SCCC(=O)O. The number of aliphatic carboxylic acids is 2. The number of carboxylic acid groups (broad SMARTS) is 2. The Balaban J connectivity index is 2.32. The van der Waals surface area contributed by atoms with Crippen LogP contribution in [0.1, 0.15) is 110 Å². The van der Waals surface area contributed by atoms with Gasteiger partial charge in [0.2, 0.25) is 0 Å². The van der Waals surface area contributed by atoms with Gasteiger partial charge < -0.3 is 15.3 Å². The van der Waals surface area contributed by atoms with Crippen molar-refractivity contribution < 1.29 is 24.9 Å². The Kier molecular flexibility index (Phi) is 15.9. The zero-order valence-corrected chi connectivity index (χ0v) is 20.2. The van der Waals surface area contributed by atoms with Gasteiger partial charge in [0, 0.05) is 5.75 Å². The van der Waals surface area contributed by atoms with E-state index in [2.05, 4.69) is 13.0 Å². The molecular formula is C25H44O5S. The van der Waals surface area contributed by atoms with Crippen molar-refractivity contribution in [3.63, 3.8) is 0 Å². The normalized spacial score (nSPS) is 22.6. The van der Waals surface area contributed by atoms with Gasteiger partial charge in [0.05, 0.1) is 24.2 Å². The smallest absolute Gasteiger partial charge is 0.304 e. The summed E-state index contributed by atoms with van der Waals surface area (Å²) in [6.45, 7) is 2.25. The van der Waals surface area contributed by atoms with Gasteiger partial charge in [-0.05, 0) is 31.6 Å². The van der Waals surface area contributed by atoms with E-state index in [-0.39, 0.29) is 24.0 Å². The molecule has 0 aromatic rings. The first-order chi connectivity index (χ1) is 15.0. The number of aliphatic hydroxyl groups is 1. The first-order valence-corrected chi connectivity index (χ1v) is 13.4. The van der Waals surface area contributed by atoms with E-state index >= 15 is 0 Å². The van der Waals surface area contributed by atoms with E-state index in [0.29, 0.717) is 12.2 Å². The molecule has 0 unspecified atom stereocenters. The van der Waals surface area contributed by atoms with Crippen LogP contribution < -0.4 is 0 Å². The highest BCUT2D eigenvalue weighted by molar-refractivity contribution is 8.00. The van der Waals surface area contributed by atoms with E-state index in [9.17, 15) is 14.7 Å². The van der Waals surface area contributed by atoms with Gasteiger partial charge >= 0.3 is 11.9 Å². The molecule has 0 aromatic carbocycles. The van der Waals surface area contributed by atoms with Gasteiger partial charge in [0.25, 0.3) is 0 Å². The van der Waals surface area contributed by atoms with Crippen molar-refractivity contribution in [2.24, 2.45) is 5.92 Å². The Labute approximate surface area is 193 Å². The van der Waals surface area contributed by atoms with Gasteiger partial charge in [0.15, 0.2) is 0 Å². The van der Waals surface area contributed by atoms with Crippen LogP contribution in [0.2, 0.25) is 0 Å². The zero-order chi connectivity index (χ0) is 22.9. The van der Waals surface area contributed by atoms with Crippen LogP contribution in [0, 0.1) is 5.92 Å². The molecule has 0 heterocycles. The molecule has 6 heteroatoms. The van der Waals surface area contributed by atoms with Crippen molar-refractivity contribution >= 4 is 23.7 Å². The molecule has 3 atom stereocenters. The van der Waals surface area contributed by atoms with E-state index in [0.717, 1.165) is 19.3 Å². The lowest BCUT2D eigenvalue weighted by molar-refractivity contribution is -0.139. The molecular weight excluding hydrogens is 412 g/mol. The fraction of sp³-hybridized carbons (Fsp3) is 0.840. The van der Waals surface area contributed by atoms with Crippen molar-refractivity contribution in [1.29, 1.82) is 0 Å². The summed E-state index contributed by atoms with van der Waals surface area (Å²) in [5, 5.41) is 28.6. The number of hydrogen-bond donors (Lipinski definition) is 3. The Hall–Kier alpha value is -1.01. The monoisotopic (exact) mass is 456 g/mol. The third-order valence-electron chi connectivity index (χ3n) is 6.23. The minimum absolute atomic E-state index is 0.0248. The lowest BCUT2D eigenvalue weighted by atomic mass is 9.80. The molecule has 1 fully saturated rings. The highest BCUT2D eigenvalue weighted by Crippen LogP contribution is 2.38. The molecule has 0 bridgehead atoms. The maximum absolute atomic E-state index is 11.1. The second-order valence-corrected chi connectivity index (χ2v) is 10.2. The van der Waals surface area contributed by atoms with Crippen molar-refractivity contribution in [2.75, 3.05) is 5.75 Å². The maximum Gasteiger partial charge on any atom is 0.304 e. The Bertz CT molecular complexity index is 534. The summed E-state index contributed by atoms with van der Waals surface area (Å²) in [5.41, 5.74) is 1.18. The second kappa shape index (κ2) is 17.5. The average Bonchev–Trinajstić information content (AvgIpc) is 2.72. The molecule has 31 heavy (non-hydrogen) atoms. The Morgan fingerprint density at radius 2 is 1.52 bits per heavy atom. The van der Waals surface area contributed by atoms with Crippen LogP contribution in [-0.4, -0.2) is 44.4 Å². The molecule has 1 aliphatic rings. The summed E-state index contributed by atoms with van der Waals surface area (Å²) >= 11 is 1.46. The van der Waals surface area contributed by atoms with Crippen molar-refractivity contribution in [3.05, 3.63) is 11.6 Å². The number of thioether (sulfide) groups is 1. The first kappa shape index (κ1) is 28.0. The largest absolute Gasteiger partial charge is 0.481 e. The van der Waals surface area contributed by atoms with E-state index < -0.39 is 18.0 Å². The molecule has 0 amide bonds.